The summed E-state index contributed by atoms with van der Waals surface area (Å²) in [6.45, 7) is 5.54. The van der Waals surface area contributed by atoms with E-state index in [4.69, 9.17) is 0 Å². The van der Waals surface area contributed by atoms with Gasteiger partial charge in [-0.1, -0.05) is 13.0 Å². The van der Waals surface area contributed by atoms with Crippen LogP contribution in [0.5, 0.6) is 0 Å². The molecule has 0 saturated heterocycles. The van der Waals surface area contributed by atoms with E-state index in [1.165, 1.54) is 0 Å². The van der Waals surface area contributed by atoms with E-state index in [2.05, 4.69) is 4.72 Å². The van der Waals surface area contributed by atoms with E-state index < -0.39 is 10.0 Å². The van der Waals surface area contributed by atoms with Gasteiger partial charge in [0.2, 0.25) is 10.0 Å². The molecule has 0 aliphatic heterocycles. The molecule has 1 aliphatic carbocycles. The van der Waals surface area contributed by atoms with Gasteiger partial charge < -0.3 is 5.11 Å². The number of benzene rings is 1. The van der Waals surface area contributed by atoms with Gasteiger partial charge in [0.1, 0.15) is 0 Å². The average molecular weight is 297 g/mol. The third-order valence-electron chi connectivity index (χ3n) is 4.43. The molecule has 112 valence electrons. The maximum atomic E-state index is 12.6. The molecule has 2 rings (SSSR count). The molecule has 2 N–H and O–H groups in total. The van der Waals surface area contributed by atoms with Gasteiger partial charge in [-0.2, -0.15) is 0 Å². The molecule has 0 unspecified atom stereocenters. The second-order valence-electron chi connectivity index (χ2n) is 5.80. The predicted octanol–water partition coefficient (Wildman–Crippen LogP) is 2.41. The van der Waals surface area contributed by atoms with Gasteiger partial charge in [0.25, 0.3) is 0 Å². The summed E-state index contributed by atoms with van der Waals surface area (Å²) in [6, 6.07) is 3.41. The maximum Gasteiger partial charge on any atom is 0.241 e. The van der Waals surface area contributed by atoms with Crippen LogP contribution >= 0.6 is 0 Å². The van der Waals surface area contributed by atoms with Crippen molar-refractivity contribution in [2.24, 2.45) is 0 Å². The van der Waals surface area contributed by atoms with Gasteiger partial charge in [-0.15, -0.1) is 0 Å². The molecule has 5 heteroatoms. The molecule has 4 nitrogen and oxygen atoms in total. The van der Waals surface area contributed by atoms with E-state index in [0.29, 0.717) is 5.56 Å². The van der Waals surface area contributed by atoms with Crippen LogP contribution in [0.2, 0.25) is 0 Å². The van der Waals surface area contributed by atoms with E-state index in [-0.39, 0.29) is 17.0 Å². The summed E-state index contributed by atoms with van der Waals surface area (Å²) < 4.78 is 28.1. The van der Waals surface area contributed by atoms with Gasteiger partial charge in [-0.25, -0.2) is 13.1 Å². The molecule has 0 atom stereocenters. The van der Waals surface area contributed by atoms with E-state index in [1.807, 2.05) is 19.9 Å². The molecule has 0 bridgehead atoms. The van der Waals surface area contributed by atoms with Crippen molar-refractivity contribution < 1.29 is 13.5 Å². The zero-order valence-electron chi connectivity index (χ0n) is 12.4. The highest BCUT2D eigenvalue weighted by atomic mass is 32.2. The Morgan fingerprint density at radius 1 is 1.25 bits per heavy atom. The molecule has 1 aliphatic rings. The lowest BCUT2D eigenvalue weighted by Crippen LogP contribution is -2.52. The number of hydrogen-bond donors (Lipinski definition) is 2. The Hall–Kier alpha value is -0.910. The van der Waals surface area contributed by atoms with Crippen molar-refractivity contribution in [1.29, 1.82) is 0 Å². The van der Waals surface area contributed by atoms with Crippen molar-refractivity contribution in [3.8, 4) is 0 Å². The SMILES string of the molecule is CCC1(NS(=O)(=O)c2cc(CO)c(C)cc2C)CCC1. The topological polar surface area (TPSA) is 66.4 Å². The van der Waals surface area contributed by atoms with Crippen LogP contribution in [-0.4, -0.2) is 19.1 Å². The Bertz CT molecular complexity index is 598. The molecule has 1 aromatic carbocycles. The summed E-state index contributed by atoms with van der Waals surface area (Å²) in [4.78, 5) is 0.284. The van der Waals surface area contributed by atoms with E-state index >= 15 is 0 Å². The molecular weight excluding hydrogens is 274 g/mol. The Balaban J connectivity index is 2.39. The summed E-state index contributed by atoms with van der Waals surface area (Å²) in [5.41, 5.74) is 2.03. The van der Waals surface area contributed by atoms with Crippen molar-refractivity contribution in [3.63, 3.8) is 0 Å². The first-order valence-electron chi connectivity index (χ1n) is 7.08. The van der Waals surface area contributed by atoms with Crippen molar-refractivity contribution in [2.75, 3.05) is 0 Å². The quantitative estimate of drug-likeness (QED) is 0.877. The van der Waals surface area contributed by atoms with Crippen LogP contribution in [0.15, 0.2) is 17.0 Å². The highest BCUT2D eigenvalue weighted by Gasteiger charge is 2.39. The minimum absolute atomic E-state index is 0.145. The lowest BCUT2D eigenvalue weighted by molar-refractivity contribution is 0.214. The van der Waals surface area contributed by atoms with E-state index in [0.717, 1.165) is 36.8 Å². The normalized spacial score (nSPS) is 17.8. The highest BCUT2D eigenvalue weighted by Crippen LogP contribution is 2.36. The summed E-state index contributed by atoms with van der Waals surface area (Å²) in [5, 5.41) is 9.32. The summed E-state index contributed by atoms with van der Waals surface area (Å²) in [7, 11) is -3.53. The monoisotopic (exact) mass is 297 g/mol. The van der Waals surface area contributed by atoms with Gasteiger partial charge in [0.05, 0.1) is 11.5 Å². The molecule has 1 fully saturated rings. The van der Waals surface area contributed by atoms with Gasteiger partial charge in [-0.05, 0) is 62.3 Å². The van der Waals surface area contributed by atoms with Gasteiger partial charge in [-0.3, -0.25) is 0 Å². The minimum Gasteiger partial charge on any atom is -0.392 e. The Labute approximate surface area is 121 Å². The third-order valence-corrected chi connectivity index (χ3v) is 6.15. The second-order valence-corrected chi connectivity index (χ2v) is 7.45. The molecule has 0 radical (unpaired) electrons. The molecule has 1 saturated carbocycles. The van der Waals surface area contributed by atoms with Crippen LogP contribution < -0.4 is 4.72 Å². The predicted molar refractivity (Wildman–Crippen MR) is 79.0 cm³/mol. The Morgan fingerprint density at radius 3 is 2.35 bits per heavy atom. The summed E-state index contributed by atoms with van der Waals surface area (Å²) in [5.74, 6) is 0. The third kappa shape index (κ3) is 2.75. The molecule has 0 spiro atoms. The Morgan fingerprint density at radius 2 is 1.90 bits per heavy atom. The summed E-state index contributed by atoms with van der Waals surface area (Å²) in [6.07, 6.45) is 3.69. The molecule has 0 amide bonds. The number of rotatable bonds is 5. The number of aliphatic hydroxyl groups excluding tert-OH is 1. The second kappa shape index (κ2) is 5.47. The van der Waals surface area contributed by atoms with Crippen LogP contribution in [0, 0.1) is 13.8 Å². The van der Waals surface area contributed by atoms with E-state index in [1.54, 1.807) is 13.0 Å². The number of sulfonamides is 1. The fourth-order valence-electron chi connectivity index (χ4n) is 2.81. The maximum absolute atomic E-state index is 12.6. The van der Waals surface area contributed by atoms with Crippen LogP contribution in [-0.2, 0) is 16.6 Å². The zero-order chi connectivity index (χ0) is 15.0. The molecule has 1 aromatic rings. The summed E-state index contributed by atoms with van der Waals surface area (Å²) >= 11 is 0. The van der Waals surface area contributed by atoms with Gasteiger partial charge in [0.15, 0.2) is 0 Å². The van der Waals surface area contributed by atoms with Gasteiger partial charge >= 0.3 is 0 Å². The first kappa shape index (κ1) is 15.5. The number of aliphatic hydroxyl groups is 1. The number of aryl methyl sites for hydroxylation is 2. The average Bonchev–Trinajstić information content (AvgIpc) is 2.33. The molecule has 20 heavy (non-hydrogen) atoms. The first-order chi connectivity index (χ1) is 9.33. The largest absolute Gasteiger partial charge is 0.392 e. The first-order valence-corrected chi connectivity index (χ1v) is 8.57. The minimum atomic E-state index is -3.53. The number of nitrogens with one attached hydrogen (secondary N) is 1. The van der Waals surface area contributed by atoms with Crippen LogP contribution in [0.3, 0.4) is 0 Å². The van der Waals surface area contributed by atoms with Crippen LogP contribution in [0.25, 0.3) is 0 Å². The van der Waals surface area contributed by atoms with Crippen LogP contribution in [0.1, 0.15) is 49.3 Å². The van der Waals surface area contributed by atoms with Gasteiger partial charge in [0, 0.05) is 5.54 Å². The van der Waals surface area contributed by atoms with Crippen molar-refractivity contribution in [3.05, 3.63) is 28.8 Å². The smallest absolute Gasteiger partial charge is 0.241 e. The lowest BCUT2D eigenvalue weighted by Gasteiger charge is -2.41. The highest BCUT2D eigenvalue weighted by molar-refractivity contribution is 7.89. The fraction of sp³-hybridized carbons (Fsp3) is 0.600. The van der Waals surface area contributed by atoms with Crippen molar-refractivity contribution in [1.82, 2.24) is 4.72 Å². The Kier molecular flexibility index (Phi) is 4.23. The van der Waals surface area contributed by atoms with E-state index in [9.17, 15) is 13.5 Å². The standard InChI is InChI=1S/C15H23NO3S/c1-4-15(6-5-7-15)16-20(18,19)14-9-13(10-17)11(2)8-12(14)3/h8-9,16-17H,4-7,10H2,1-3H3. The number of hydrogen-bond acceptors (Lipinski definition) is 3. The van der Waals surface area contributed by atoms with Crippen molar-refractivity contribution in [2.45, 2.75) is 63.5 Å². The van der Waals surface area contributed by atoms with Crippen LogP contribution in [0.4, 0.5) is 0 Å². The molecule has 0 aromatic heterocycles. The zero-order valence-corrected chi connectivity index (χ0v) is 13.2. The molecular formula is C15H23NO3S. The van der Waals surface area contributed by atoms with Crippen molar-refractivity contribution >= 4 is 10.0 Å². The molecule has 0 heterocycles. The lowest BCUT2D eigenvalue weighted by atomic mass is 9.76. The fourth-order valence-corrected chi connectivity index (χ4v) is 4.61.